The molecule has 2 fully saturated rings. The molecule has 2 saturated heterocycles. The highest BCUT2D eigenvalue weighted by Crippen LogP contribution is 2.36. The summed E-state index contributed by atoms with van der Waals surface area (Å²) in [5.74, 6) is -0.677. The first-order valence-corrected chi connectivity index (χ1v) is 20.6. The van der Waals surface area contributed by atoms with Crippen LogP contribution in [0.5, 0.6) is 5.75 Å². The molecule has 1 atom stereocenters. The Labute approximate surface area is 344 Å². The Morgan fingerprint density at radius 2 is 1.45 bits per heavy atom. The number of halogens is 1. The maximum Gasteiger partial charge on any atom is 0.264 e. The molecule has 4 aromatic carbocycles. The van der Waals surface area contributed by atoms with Gasteiger partial charge in [0, 0.05) is 63.7 Å². The quantitative estimate of drug-likeness (QED) is 0.0571. The van der Waals surface area contributed by atoms with Gasteiger partial charge >= 0.3 is 0 Å². The van der Waals surface area contributed by atoms with Crippen molar-refractivity contribution in [3.63, 3.8) is 0 Å². The number of fused-ring (bicyclic) bond motifs is 1. The molecular formula is C46H48ClN5O6. The minimum absolute atomic E-state index is 0.0667. The van der Waals surface area contributed by atoms with Crippen LogP contribution in [0.25, 0.3) is 11.1 Å². The van der Waals surface area contributed by atoms with Crippen LogP contribution < -0.4 is 15.4 Å². The lowest BCUT2D eigenvalue weighted by Gasteiger charge is -2.34. The second-order valence-electron chi connectivity index (χ2n) is 14.7. The van der Waals surface area contributed by atoms with E-state index in [4.69, 9.17) is 16.3 Å². The van der Waals surface area contributed by atoms with E-state index in [0.717, 1.165) is 59.0 Å². The summed E-state index contributed by atoms with van der Waals surface area (Å²) in [4.78, 5) is 68.7. The molecule has 3 aliphatic heterocycles. The minimum Gasteiger partial charge on any atom is -0.492 e. The Balaban J connectivity index is 0.836. The fourth-order valence-electron chi connectivity index (χ4n) is 7.94. The number of carbonyl (C=O) groups is 5. The number of unbranched alkanes of at least 4 members (excludes halogenated alkanes) is 1. The van der Waals surface area contributed by atoms with Crippen LogP contribution in [0.3, 0.4) is 0 Å². The van der Waals surface area contributed by atoms with Crippen molar-refractivity contribution < 1.29 is 28.7 Å². The van der Waals surface area contributed by atoms with Crippen LogP contribution in [0.4, 0.5) is 5.69 Å². The van der Waals surface area contributed by atoms with Crippen molar-refractivity contribution in [2.24, 2.45) is 0 Å². The van der Waals surface area contributed by atoms with Crippen LogP contribution in [0.2, 0.25) is 0 Å². The summed E-state index contributed by atoms with van der Waals surface area (Å²) >= 11 is 6.32. The summed E-state index contributed by atoms with van der Waals surface area (Å²) in [6.45, 7) is 4.72. The molecule has 3 aliphatic rings. The van der Waals surface area contributed by atoms with Crippen molar-refractivity contribution in [3.8, 4) is 5.75 Å². The van der Waals surface area contributed by atoms with Gasteiger partial charge in [-0.25, -0.2) is 0 Å². The van der Waals surface area contributed by atoms with E-state index < -0.39 is 29.7 Å². The number of carbonyl (C=O) groups excluding carboxylic acids is 5. The van der Waals surface area contributed by atoms with Crippen molar-refractivity contribution in [3.05, 3.63) is 131 Å². The Hall–Kier alpha value is -5.78. The SMILES string of the molecule is O=C1CCC(N2C(=O)c3cccc(NCCCCC(=O)N4CCN(CCOc5ccc(C(=C(CCCl)c6ccccc6)c6ccccc6)cc5)CC4)c3C2=O)C(=O)N1. The van der Waals surface area contributed by atoms with Crippen molar-refractivity contribution in [1.82, 2.24) is 20.0 Å². The standard InChI is InChI=1S/C46H48ClN5O6/c47-24-23-36(32-10-3-1-4-11-32)42(33-12-5-2-6-13-33)34-17-19-35(20-18-34)58-31-30-50-26-28-51(29-27-50)41(54)16-7-8-25-48-38-15-9-14-37-43(38)46(57)52(45(37)56)39-21-22-40(53)49-44(39)55/h1-6,9-15,17-20,39,48H,7-8,16,21-31H2,(H,49,53,55). The number of anilines is 1. The van der Waals surface area contributed by atoms with Crippen LogP contribution in [0.15, 0.2) is 103 Å². The predicted octanol–water partition coefficient (Wildman–Crippen LogP) is 6.48. The maximum absolute atomic E-state index is 13.3. The van der Waals surface area contributed by atoms with Gasteiger partial charge in [0.2, 0.25) is 17.7 Å². The number of allylic oxidation sites excluding steroid dienone is 1. The summed E-state index contributed by atoms with van der Waals surface area (Å²) in [5, 5.41) is 5.47. The highest BCUT2D eigenvalue weighted by molar-refractivity contribution is 6.25. The molecule has 7 rings (SSSR count). The van der Waals surface area contributed by atoms with E-state index >= 15 is 0 Å². The molecular weight excluding hydrogens is 754 g/mol. The van der Waals surface area contributed by atoms with Gasteiger partial charge in [-0.1, -0.05) is 78.9 Å². The summed E-state index contributed by atoms with van der Waals surface area (Å²) in [7, 11) is 0. The van der Waals surface area contributed by atoms with Crippen molar-refractivity contribution >= 4 is 58.0 Å². The molecule has 2 N–H and O–H groups in total. The van der Waals surface area contributed by atoms with Gasteiger partial charge in [-0.3, -0.25) is 39.1 Å². The number of alkyl halides is 1. The number of nitrogens with zero attached hydrogens (tertiary/aromatic N) is 3. The summed E-state index contributed by atoms with van der Waals surface area (Å²) in [6.07, 6.45) is 2.70. The van der Waals surface area contributed by atoms with Gasteiger partial charge in [-0.05, 0) is 77.8 Å². The summed E-state index contributed by atoms with van der Waals surface area (Å²) in [5.41, 5.74) is 6.75. The van der Waals surface area contributed by atoms with Gasteiger partial charge < -0.3 is 15.0 Å². The minimum atomic E-state index is -1.01. The molecule has 5 amide bonds. The first-order chi connectivity index (χ1) is 28.3. The number of amides is 5. The van der Waals surface area contributed by atoms with Crippen LogP contribution in [-0.2, 0) is 14.4 Å². The Morgan fingerprint density at radius 1 is 0.759 bits per heavy atom. The number of imide groups is 2. The van der Waals surface area contributed by atoms with Crippen molar-refractivity contribution in [1.29, 1.82) is 0 Å². The second kappa shape index (κ2) is 19.1. The molecule has 1 unspecified atom stereocenters. The van der Waals surface area contributed by atoms with E-state index in [2.05, 4.69) is 76.2 Å². The zero-order chi connectivity index (χ0) is 40.4. The van der Waals surface area contributed by atoms with Crippen LogP contribution in [0.1, 0.15) is 75.9 Å². The second-order valence-corrected chi connectivity index (χ2v) is 15.1. The van der Waals surface area contributed by atoms with Crippen LogP contribution >= 0.6 is 11.6 Å². The highest BCUT2D eigenvalue weighted by Gasteiger charge is 2.45. The first-order valence-electron chi connectivity index (χ1n) is 20.0. The molecule has 0 bridgehead atoms. The number of hydrogen-bond acceptors (Lipinski definition) is 8. The van der Waals surface area contributed by atoms with Gasteiger partial charge in [0.1, 0.15) is 18.4 Å². The molecule has 11 nitrogen and oxygen atoms in total. The largest absolute Gasteiger partial charge is 0.492 e. The molecule has 300 valence electrons. The fourth-order valence-corrected chi connectivity index (χ4v) is 8.13. The predicted molar refractivity (Wildman–Crippen MR) is 225 cm³/mol. The van der Waals surface area contributed by atoms with Crippen LogP contribution in [0, 0.1) is 0 Å². The number of nitrogens with one attached hydrogen (secondary N) is 2. The summed E-state index contributed by atoms with van der Waals surface area (Å²) < 4.78 is 6.17. The monoisotopic (exact) mass is 801 g/mol. The number of rotatable bonds is 16. The highest BCUT2D eigenvalue weighted by atomic mass is 35.5. The number of benzene rings is 4. The van der Waals surface area contributed by atoms with E-state index in [9.17, 15) is 24.0 Å². The number of piperazine rings is 1. The molecule has 0 spiro atoms. The molecule has 12 heteroatoms. The van der Waals surface area contributed by atoms with Gasteiger partial charge in [0.05, 0.1) is 11.1 Å². The van der Waals surface area contributed by atoms with Crippen molar-refractivity contribution in [2.45, 2.75) is 44.6 Å². The average Bonchev–Trinajstić information content (AvgIpc) is 3.50. The molecule has 3 heterocycles. The normalized spacial score (nSPS) is 17.5. The third kappa shape index (κ3) is 9.33. The summed E-state index contributed by atoms with van der Waals surface area (Å²) in [6, 6.07) is 33.1. The molecule has 4 aromatic rings. The lowest BCUT2D eigenvalue weighted by molar-refractivity contribution is -0.136. The van der Waals surface area contributed by atoms with Gasteiger partial charge in [-0.15, -0.1) is 11.6 Å². The van der Waals surface area contributed by atoms with E-state index in [1.54, 1.807) is 18.2 Å². The molecule has 58 heavy (non-hydrogen) atoms. The van der Waals surface area contributed by atoms with Gasteiger partial charge in [0.15, 0.2) is 0 Å². The number of ether oxygens (including phenoxy) is 1. The maximum atomic E-state index is 13.3. The zero-order valence-electron chi connectivity index (χ0n) is 32.5. The Kier molecular flexibility index (Phi) is 13.3. The van der Waals surface area contributed by atoms with Crippen LogP contribution in [-0.4, -0.2) is 102 Å². The smallest absolute Gasteiger partial charge is 0.264 e. The topological polar surface area (TPSA) is 128 Å². The molecule has 0 aromatic heterocycles. The van der Waals surface area contributed by atoms with Gasteiger partial charge in [-0.2, -0.15) is 0 Å². The lowest BCUT2D eigenvalue weighted by Crippen LogP contribution is -2.54. The lowest BCUT2D eigenvalue weighted by atomic mass is 9.88. The van der Waals surface area contributed by atoms with E-state index in [1.165, 1.54) is 5.57 Å². The van der Waals surface area contributed by atoms with E-state index in [-0.39, 0.29) is 29.9 Å². The van der Waals surface area contributed by atoms with Gasteiger partial charge in [0.25, 0.3) is 11.8 Å². The third-order valence-electron chi connectivity index (χ3n) is 11.0. The molecule has 0 saturated carbocycles. The van der Waals surface area contributed by atoms with E-state index in [0.29, 0.717) is 57.1 Å². The molecule has 0 aliphatic carbocycles. The zero-order valence-corrected chi connectivity index (χ0v) is 33.2. The Bertz CT molecular complexity index is 2150. The van der Waals surface area contributed by atoms with Crippen molar-refractivity contribution in [2.75, 3.05) is 57.1 Å². The van der Waals surface area contributed by atoms with E-state index in [1.807, 2.05) is 29.2 Å². The average molecular weight is 802 g/mol. The fraction of sp³-hybridized carbons (Fsp3) is 0.326. The Morgan fingerprint density at radius 3 is 2.14 bits per heavy atom. The number of piperidine rings is 1. The third-order valence-corrected chi connectivity index (χ3v) is 11.2. The first kappa shape index (κ1) is 40.4. The molecule has 0 radical (unpaired) electrons. The number of hydrogen-bond donors (Lipinski definition) is 2.